The van der Waals surface area contributed by atoms with Gasteiger partial charge >= 0.3 is 0 Å². The van der Waals surface area contributed by atoms with Gasteiger partial charge in [-0.3, -0.25) is 4.79 Å². The molecule has 0 unspecified atom stereocenters. The van der Waals surface area contributed by atoms with E-state index in [-0.39, 0.29) is 5.91 Å². The average Bonchev–Trinajstić information content (AvgIpc) is 3.13. The van der Waals surface area contributed by atoms with Gasteiger partial charge in [-0.15, -0.1) is 0 Å². The second-order valence-electron chi connectivity index (χ2n) is 5.56. The van der Waals surface area contributed by atoms with Crippen LogP contribution in [0.2, 0.25) is 0 Å². The van der Waals surface area contributed by atoms with Crippen molar-refractivity contribution in [3.63, 3.8) is 0 Å². The Labute approximate surface area is 140 Å². The number of nitrogens with zero attached hydrogens (tertiary/aromatic N) is 1. The van der Waals surface area contributed by atoms with Crippen LogP contribution in [0.3, 0.4) is 0 Å². The van der Waals surface area contributed by atoms with Gasteiger partial charge in [-0.05, 0) is 24.6 Å². The van der Waals surface area contributed by atoms with Gasteiger partial charge in [-0.2, -0.15) is 0 Å². The van der Waals surface area contributed by atoms with Crippen LogP contribution >= 0.6 is 0 Å². The van der Waals surface area contributed by atoms with E-state index in [2.05, 4.69) is 15.8 Å². The van der Waals surface area contributed by atoms with Crippen molar-refractivity contribution in [1.82, 2.24) is 10.5 Å². The summed E-state index contributed by atoms with van der Waals surface area (Å²) in [7, 11) is 0. The normalized spacial score (nSPS) is 10.4. The van der Waals surface area contributed by atoms with Gasteiger partial charge in [0.1, 0.15) is 12.0 Å². The largest absolute Gasteiger partial charge is 0.379 e. The number of benzene rings is 2. The number of amides is 1. The second-order valence-corrected chi connectivity index (χ2v) is 5.56. The SMILES string of the molecule is Cc1ccc(CNC(=O)c2ccccc2NCc2ccon2)cc1. The molecule has 0 bridgehead atoms. The highest BCUT2D eigenvalue weighted by molar-refractivity contribution is 5.99. The Morgan fingerprint density at radius 3 is 2.58 bits per heavy atom. The molecule has 0 saturated carbocycles. The molecule has 0 saturated heterocycles. The molecule has 24 heavy (non-hydrogen) atoms. The minimum Gasteiger partial charge on any atom is -0.379 e. The molecule has 3 aromatic rings. The zero-order chi connectivity index (χ0) is 16.8. The number of hydrogen-bond acceptors (Lipinski definition) is 4. The number of aromatic nitrogens is 1. The Hall–Kier alpha value is -3.08. The number of rotatable bonds is 6. The molecule has 122 valence electrons. The van der Waals surface area contributed by atoms with Crippen LogP contribution in [0.5, 0.6) is 0 Å². The van der Waals surface area contributed by atoms with Gasteiger partial charge in [0.15, 0.2) is 0 Å². The number of para-hydroxylation sites is 1. The van der Waals surface area contributed by atoms with Gasteiger partial charge in [0, 0.05) is 18.3 Å². The van der Waals surface area contributed by atoms with Crippen LogP contribution in [0.4, 0.5) is 5.69 Å². The average molecular weight is 321 g/mol. The lowest BCUT2D eigenvalue weighted by molar-refractivity contribution is 0.0951. The van der Waals surface area contributed by atoms with E-state index in [0.29, 0.717) is 18.7 Å². The Morgan fingerprint density at radius 1 is 1.04 bits per heavy atom. The summed E-state index contributed by atoms with van der Waals surface area (Å²) in [5.74, 6) is -0.112. The highest BCUT2D eigenvalue weighted by Crippen LogP contribution is 2.16. The van der Waals surface area contributed by atoms with E-state index >= 15 is 0 Å². The summed E-state index contributed by atoms with van der Waals surface area (Å²) in [5, 5.41) is 10.0. The third-order valence-electron chi connectivity index (χ3n) is 3.70. The summed E-state index contributed by atoms with van der Waals surface area (Å²) in [5.41, 5.74) is 4.43. The Balaban J connectivity index is 1.64. The molecule has 0 spiro atoms. The molecule has 1 aromatic heterocycles. The number of hydrogen-bond donors (Lipinski definition) is 2. The van der Waals surface area contributed by atoms with Crippen molar-refractivity contribution in [3.8, 4) is 0 Å². The predicted molar refractivity (Wildman–Crippen MR) is 92.6 cm³/mol. The maximum absolute atomic E-state index is 12.5. The van der Waals surface area contributed by atoms with Crippen molar-refractivity contribution in [2.24, 2.45) is 0 Å². The first-order valence-corrected chi connectivity index (χ1v) is 7.78. The van der Waals surface area contributed by atoms with Crippen LogP contribution in [-0.2, 0) is 13.1 Å². The van der Waals surface area contributed by atoms with Crippen molar-refractivity contribution in [3.05, 3.63) is 83.2 Å². The highest BCUT2D eigenvalue weighted by atomic mass is 16.5. The van der Waals surface area contributed by atoms with Gasteiger partial charge in [0.05, 0.1) is 12.1 Å². The Kier molecular flexibility index (Phi) is 4.91. The van der Waals surface area contributed by atoms with Crippen molar-refractivity contribution in [1.29, 1.82) is 0 Å². The lowest BCUT2D eigenvalue weighted by atomic mass is 10.1. The predicted octanol–water partition coefficient (Wildman–Crippen LogP) is 3.53. The van der Waals surface area contributed by atoms with E-state index in [1.54, 1.807) is 12.1 Å². The van der Waals surface area contributed by atoms with Crippen LogP contribution in [0.25, 0.3) is 0 Å². The molecule has 5 heteroatoms. The molecule has 0 aliphatic heterocycles. The van der Waals surface area contributed by atoms with E-state index in [9.17, 15) is 4.79 Å². The number of anilines is 1. The fourth-order valence-corrected chi connectivity index (χ4v) is 2.33. The molecule has 1 heterocycles. The van der Waals surface area contributed by atoms with Gasteiger partial charge in [-0.25, -0.2) is 0 Å². The van der Waals surface area contributed by atoms with Crippen LogP contribution in [0, 0.1) is 6.92 Å². The van der Waals surface area contributed by atoms with Gasteiger partial charge in [-0.1, -0.05) is 47.1 Å². The van der Waals surface area contributed by atoms with Crippen LogP contribution in [0.15, 0.2) is 65.4 Å². The molecule has 0 fully saturated rings. The minimum atomic E-state index is -0.112. The lowest BCUT2D eigenvalue weighted by Gasteiger charge is -2.11. The van der Waals surface area contributed by atoms with Gasteiger partial charge in [0.2, 0.25) is 0 Å². The van der Waals surface area contributed by atoms with E-state index in [1.807, 2.05) is 49.4 Å². The Morgan fingerprint density at radius 2 is 1.83 bits per heavy atom. The molecule has 3 rings (SSSR count). The zero-order valence-electron chi connectivity index (χ0n) is 13.5. The molecule has 0 atom stereocenters. The molecule has 1 amide bonds. The van der Waals surface area contributed by atoms with Crippen molar-refractivity contribution < 1.29 is 9.32 Å². The van der Waals surface area contributed by atoms with E-state index in [4.69, 9.17) is 4.52 Å². The maximum Gasteiger partial charge on any atom is 0.253 e. The fraction of sp³-hybridized carbons (Fsp3) is 0.158. The first kappa shape index (κ1) is 15.8. The summed E-state index contributed by atoms with van der Waals surface area (Å²) in [6, 6.07) is 17.3. The first-order chi connectivity index (χ1) is 11.7. The monoisotopic (exact) mass is 321 g/mol. The Bertz CT molecular complexity index is 796. The standard InChI is InChI=1S/C19H19N3O2/c1-14-6-8-15(9-7-14)12-21-19(23)17-4-2-3-5-18(17)20-13-16-10-11-24-22-16/h2-11,20H,12-13H2,1H3,(H,21,23). The summed E-state index contributed by atoms with van der Waals surface area (Å²) in [6.07, 6.45) is 1.53. The minimum absolute atomic E-state index is 0.112. The van der Waals surface area contributed by atoms with Crippen molar-refractivity contribution >= 4 is 11.6 Å². The molecule has 2 aromatic carbocycles. The molecule has 5 nitrogen and oxygen atoms in total. The molecule has 0 aliphatic rings. The number of carbonyl (C=O) groups is 1. The fourth-order valence-electron chi connectivity index (χ4n) is 2.33. The van der Waals surface area contributed by atoms with Gasteiger partial charge < -0.3 is 15.2 Å². The quantitative estimate of drug-likeness (QED) is 0.729. The van der Waals surface area contributed by atoms with Crippen LogP contribution in [0.1, 0.15) is 27.2 Å². The van der Waals surface area contributed by atoms with E-state index in [1.165, 1.54) is 11.8 Å². The second kappa shape index (κ2) is 7.46. The highest BCUT2D eigenvalue weighted by Gasteiger charge is 2.11. The summed E-state index contributed by atoms with van der Waals surface area (Å²) in [6.45, 7) is 3.04. The third-order valence-corrected chi connectivity index (χ3v) is 3.70. The number of aryl methyl sites for hydroxylation is 1. The topological polar surface area (TPSA) is 67.2 Å². The van der Waals surface area contributed by atoms with E-state index in [0.717, 1.165) is 16.9 Å². The molecule has 0 aliphatic carbocycles. The van der Waals surface area contributed by atoms with Crippen LogP contribution < -0.4 is 10.6 Å². The number of nitrogens with one attached hydrogen (secondary N) is 2. The zero-order valence-corrected chi connectivity index (χ0v) is 13.5. The maximum atomic E-state index is 12.5. The summed E-state index contributed by atoms with van der Waals surface area (Å²) >= 11 is 0. The summed E-state index contributed by atoms with van der Waals surface area (Å²) < 4.78 is 4.81. The number of carbonyl (C=O) groups excluding carboxylic acids is 1. The molecule has 2 N–H and O–H groups in total. The summed E-state index contributed by atoms with van der Waals surface area (Å²) in [4.78, 5) is 12.5. The van der Waals surface area contributed by atoms with Crippen molar-refractivity contribution in [2.75, 3.05) is 5.32 Å². The molecule has 0 radical (unpaired) electrons. The smallest absolute Gasteiger partial charge is 0.253 e. The lowest BCUT2D eigenvalue weighted by Crippen LogP contribution is -2.24. The molecular formula is C19H19N3O2. The van der Waals surface area contributed by atoms with E-state index < -0.39 is 0 Å². The first-order valence-electron chi connectivity index (χ1n) is 7.78. The van der Waals surface area contributed by atoms with Crippen molar-refractivity contribution in [2.45, 2.75) is 20.0 Å². The van der Waals surface area contributed by atoms with Gasteiger partial charge in [0.25, 0.3) is 5.91 Å². The third kappa shape index (κ3) is 4.01. The van der Waals surface area contributed by atoms with Crippen LogP contribution in [-0.4, -0.2) is 11.1 Å². The molecular weight excluding hydrogens is 302 g/mol.